The van der Waals surface area contributed by atoms with Crippen molar-refractivity contribution < 1.29 is 23.9 Å². The predicted molar refractivity (Wildman–Crippen MR) is 119 cm³/mol. The molecule has 0 radical (unpaired) electrons. The highest BCUT2D eigenvalue weighted by Gasteiger charge is 2.37. The second-order valence-electron chi connectivity index (χ2n) is 7.93. The van der Waals surface area contributed by atoms with Crippen molar-refractivity contribution in [3.05, 3.63) is 42.0 Å². The molecule has 1 rings (SSSR count). The van der Waals surface area contributed by atoms with Crippen molar-refractivity contribution in [3.63, 3.8) is 0 Å². The van der Waals surface area contributed by atoms with Crippen molar-refractivity contribution in [1.29, 1.82) is 0 Å². The monoisotopic (exact) mass is 417 g/mol. The maximum atomic E-state index is 13.2. The minimum atomic E-state index is -1.05. The minimum Gasteiger partial charge on any atom is -0.454 e. The number of ketones is 1. The molecule has 0 aliphatic heterocycles. The lowest BCUT2D eigenvalue weighted by molar-refractivity contribution is -0.165. The Kier molecular flexibility index (Phi) is 9.43. The lowest BCUT2D eigenvalue weighted by atomic mass is 9.91. The summed E-state index contributed by atoms with van der Waals surface area (Å²) in [6.45, 7) is 15.6. The summed E-state index contributed by atoms with van der Waals surface area (Å²) in [6.07, 6.45) is 1.86. The second-order valence-corrected chi connectivity index (χ2v) is 7.93. The van der Waals surface area contributed by atoms with Gasteiger partial charge in [0, 0.05) is 23.4 Å². The molecule has 0 aliphatic carbocycles. The Labute approximate surface area is 180 Å². The number of likely N-dealkylation sites (N-methyl/N-ethyl adjacent to an activating group) is 1. The topological polar surface area (TPSA) is 72.9 Å². The molecule has 6 nitrogen and oxygen atoms in total. The lowest BCUT2D eigenvalue weighted by Gasteiger charge is -2.34. The van der Waals surface area contributed by atoms with Gasteiger partial charge in [0.2, 0.25) is 0 Å². The number of hydrogen-bond acceptors (Lipinski definition) is 6. The van der Waals surface area contributed by atoms with Gasteiger partial charge in [-0.2, -0.15) is 0 Å². The van der Waals surface area contributed by atoms with Gasteiger partial charge in [0.15, 0.2) is 5.78 Å². The molecule has 0 fully saturated rings. The van der Waals surface area contributed by atoms with Crippen LogP contribution < -0.4 is 4.90 Å². The summed E-state index contributed by atoms with van der Waals surface area (Å²) in [5.41, 5.74) is -0.179. The van der Waals surface area contributed by atoms with Crippen LogP contribution in [0.1, 0.15) is 64.7 Å². The van der Waals surface area contributed by atoms with Crippen molar-refractivity contribution in [2.24, 2.45) is 0 Å². The minimum absolute atomic E-state index is 0.0969. The van der Waals surface area contributed by atoms with Crippen LogP contribution in [0.3, 0.4) is 0 Å². The van der Waals surface area contributed by atoms with Crippen molar-refractivity contribution in [2.75, 3.05) is 24.6 Å². The fraction of sp³-hybridized carbons (Fsp3) is 0.542. The molecule has 0 saturated heterocycles. The van der Waals surface area contributed by atoms with Gasteiger partial charge in [0.1, 0.15) is 17.5 Å². The van der Waals surface area contributed by atoms with Crippen LogP contribution in [0.15, 0.2) is 36.4 Å². The van der Waals surface area contributed by atoms with E-state index in [1.165, 1.54) is 0 Å². The Bertz CT molecular complexity index is 757. The first-order valence-corrected chi connectivity index (χ1v) is 10.4. The molecule has 0 N–H and O–H groups in total. The van der Waals surface area contributed by atoms with E-state index < -0.39 is 17.2 Å². The molecule has 2 atom stereocenters. The maximum absolute atomic E-state index is 13.2. The standard InChI is InChI=1S/C24H35NO5/c1-8-23(6,30-22(28)18(4)5)17-29-24(7,9-2)21(27)19-11-13-20(14-12-19)25(10-3)15-16-26/h11-14,16H,4,8-10,15,17H2,1-3,5-7H3. The molecule has 166 valence electrons. The Morgan fingerprint density at radius 2 is 1.70 bits per heavy atom. The molecule has 1 aromatic rings. The van der Waals surface area contributed by atoms with E-state index in [0.717, 1.165) is 12.0 Å². The molecule has 30 heavy (non-hydrogen) atoms. The van der Waals surface area contributed by atoms with Crippen molar-refractivity contribution >= 4 is 23.7 Å². The fourth-order valence-electron chi connectivity index (χ4n) is 2.79. The smallest absolute Gasteiger partial charge is 0.333 e. The number of carbonyl (C=O) groups excluding carboxylic acids is 3. The molecule has 2 unspecified atom stereocenters. The molecule has 0 heterocycles. The maximum Gasteiger partial charge on any atom is 0.333 e. The van der Waals surface area contributed by atoms with E-state index in [1.54, 1.807) is 32.9 Å². The van der Waals surface area contributed by atoms with Crippen LogP contribution in [-0.2, 0) is 19.1 Å². The number of esters is 1. The number of rotatable bonds is 13. The highest BCUT2D eigenvalue weighted by Crippen LogP contribution is 2.27. The highest BCUT2D eigenvalue weighted by atomic mass is 16.6. The van der Waals surface area contributed by atoms with E-state index in [-0.39, 0.29) is 12.4 Å². The zero-order valence-electron chi connectivity index (χ0n) is 19.1. The van der Waals surface area contributed by atoms with Crippen molar-refractivity contribution in [1.82, 2.24) is 0 Å². The van der Waals surface area contributed by atoms with Crippen LogP contribution in [0.25, 0.3) is 0 Å². The first-order valence-electron chi connectivity index (χ1n) is 10.4. The van der Waals surface area contributed by atoms with Crippen LogP contribution in [-0.4, -0.2) is 48.9 Å². The molecular formula is C24H35NO5. The zero-order chi connectivity index (χ0) is 22.9. The van der Waals surface area contributed by atoms with Gasteiger partial charge in [0.25, 0.3) is 0 Å². The first kappa shape index (κ1) is 25.6. The van der Waals surface area contributed by atoms with Gasteiger partial charge >= 0.3 is 5.97 Å². The number of benzene rings is 1. The molecule has 6 heteroatoms. The average Bonchev–Trinajstić information content (AvgIpc) is 2.75. The van der Waals surface area contributed by atoms with Crippen molar-refractivity contribution in [2.45, 2.75) is 65.6 Å². The Balaban J connectivity index is 2.97. The van der Waals surface area contributed by atoms with E-state index in [2.05, 4.69) is 6.58 Å². The summed E-state index contributed by atoms with van der Waals surface area (Å²) in [4.78, 5) is 37.9. The summed E-state index contributed by atoms with van der Waals surface area (Å²) < 4.78 is 11.6. The number of aldehydes is 1. The largest absolute Gasteiger partial charge is 0.454 e. The number of ether oxygens (including phenoxy) is 2. The van der Waals surface area contributed by atoms with Gasteiger partial charge in [-0.3, -0.25) is 4.79 Å². The first-order chi connectivity index (χ1) is 14.1. The van der Waals surface area contributed by atoms with E-state index in [4.69, 9.17) is 9.47 Å². The number of nitrogens with zero attached hydrogens (tertiary/aromatic N) is 1. The lowest BCUT2D eigenvalue weighted by Crippen LogP contribution is -2.45. The second kappa shape index (κ2) is 11.1. The van der Waals surface area contributed by atoms with Gasteiger partial charge in [-0.25, -0.2) is 4.79 Å². The Morgan fingerprint density at radius 3 is 2.13 bits per heavy atom. The fourth-order valence-corrected chi connectivity index (χ4v) is 2.79. The van der Waals surface area contributed by atoms with Gasteiger partial charge < -0.3 is 19.2 Å². The van der Waals surface area contributed by atoms with E-state index >= 15 is 0 Å². The molecule has 0 amide bonds. The molecule has 0 aliphatic rings. The highest BCUT2D eigenvalue weighted by molar-refractivity contribution is 6.02. The van der Waals surface area contributed by atoms with Crippen LogP contribution in [0.4, 0.5) is 5.69 Å². The zero-order valence-corrected chi connectivity index (χ0v) is 19.1. The Morgan fingerprint density at radius 1 is 1.10 bits per heavy atom. The number of Topliss-reactive ketones (excluding diaryl/α,β-unsaturated/α-hetero) is 1. The molecule has 0 saturated carbocycles. The molecule has 1 aromatic carbocycles. The van der Waals surface area contributed by atoms with Gasteiger partial charge in [-0.15, -0.1) is 0 Å². The van der Waals surface area contributed by atoms with Crippen LogP contribution in [0, 0.1) is 0 Å². The van der Waals surface area contributed by atoms with E-state index in [0.29, 0.717) is 37.1 Å². The molecular weight excluding hydrogens is 382 g/mol. The third kappa shape index (κ3) is 6.52. The van der Waals surface area contributed by atoms with Gasteiger partial charge in [-0.1, -0.05) is 20.4 Å². The summed E-state index contributed by atoms with van der Waals surface area (Å²) >= 11 is 0. The normalized spacial score (nSPS) is 14.9. The summed E-state index contributed by atoms with van der Waals surface area (Å²) in [5.74, 6) is -0.612. The van der Waals surface area contributed by atoms with E-state index in [9.17, 15) is 14.4 Å². The van der Waals surface area contributed by atoms with Gasteiger partial charge in [-0.05, 0) is 64.8 Å². The van der Waals surface area contributed by atoms with Crippen LogP contribution in [0.2, 0.25) is 0 Å². The SMILES string of the molecule is C=C(C)C(=O)OC(C)(CC)COC(C)(CC)C(=O)c1ccc(N(CC)CC=O)cc1. The summed E-state index contributed by atoms with van der Waals surface area (Å²) in [7, 11) is 0. The molecule has 0 spiro atoms. The third-order valence-electron chi connectivity index (χ3n) is 5.46. The number of anilines is 1. The average molecular weight is 418 g/mol. The van der Waals surface area contributed by atoms with Crippen molar-refractivity contribution in [3.8, 4) is 0 Å². The molecule has 0 bridgehead atoms. The Hall–Kier alpha value is -2.47. The quantitative estimate of drug-likeness (QED) is 0.205. The van der Waals surface area contributed by atoms with Crippen LogP contribution in [0.5, 0.6) is 0 Å². The van der Waals surface area contributed by atoms with Crippen LogP contribution >= 0.6 is 0 Å². The number of hydrogen-bond donors (Lipinski definition) is 0. The summed E-state index contributed by atoms with van der Waals surface area (Å²) in [6, 6.07) is 7.17. The number of carbonyl (C=O) groups is 3. The third-order valence-corrected chi connectivity index (χ3v) is 5.46. The van der Waals surface area contributed by atoms with Gasteiger partial charge in [0.05, 0.1) is 13.2 Å². The van der Waals surface area contributed by atoms with E-state index in [1.807, 2.05) is 37.8 Å². The predicted octanol–water partition coefficient (Wildman–Crippen LogP) is 4.37. The summed E-state index contributed by atoms with van der Waals surface area (Å²) in [5, 5.41) is 0. The molecule has 0 aromatic heterocycles.